The van der Waals surface area contributed by atoms with Crippen molar-refractivity contribution >= 4 is 21.4 Å². The summed E-state index contributed by atoms with van der Waals surface area (Å²) in [6.45, 7) is 1.86. The maximum Gasteiger partial charge on any atom is 0.126 e. The minimum absolute atomic E-state index is 0.158. The van der Waals surface area contributed by atoms with Crippen molar-refractivity contribution in [2.45, 2.75) is 44.2 Å². The second kappa shape index (κ2) is 7.08. The smallest absolute Gasteiger partial charge is 0.126 e. The molecule has 1 aliphatic rings. The van der Waals surface area contributed by atoms with Crippen LogP contribution >= 0.6 is 11.3 Å². The van der Waals surface area contributed by atoms with Crippen molar-refractivity contribution in [1.29, 1.82) is 0 Å². The van der Waals surface area contributed by atoms with Crippen LogP contribution in [-0.2, 0) is 11.2 Å². The summed E-state index contributed by atoms with van der Waals surface area (Å²) in [5.41, 5.74) is 1.26. The zero-order valence-corrected chi connectivity index (χ0v) is 15.2. The predicted octanol–water partition coefficient (Wildman–Crippen LogP) is 4.20. The van der Waals surface area contributed by atoms with Crippen molar-refractivity contribution < 1.29 is 19.3 Å². The Balaban J connectivity index is 1.63. The molecule has 3 aromatic rings. The Kier molecular flexibility index (Phi) is 4.80. The van der Waals surface area contributed by atoms with E-state index < -0.39 is 18.3 Å². The van der Waals surface area contributed by atoms with Crippen molar-refractivity contribution in [1.82, 2.24) is 0 Å². The van der Waals surface area contributed by atoms with Gasteiger partial charge in [-0.15, -0.1) is 11.3 Å². The van der Waals surface area contributed by atoms with E-state index in [0.29, 0.717) is 24.0 Å². The highest BCUT2D eigenvalue weighted by Crippen LogP contribution is 2.34. The van der Waals surface area contributed by atoms with Gasteiger partial charge < -0.3 is 14.9 Å². The quantitative estimate of drug-likeness (QED) is 0.724. The Labute approximate surface area is 155 Å². The first-order chi connectivity index (χ1) is 12.5. The molecule has 0 unspecified atom stereocenters. The molecule has 1 aliphatic heterocycles. The molecular formula is C21H21FO3S. The number of hydrogen-bond acceptors (Lipinski definition) is 4. The van der Waals surface area contributed by atoms with Gasteiger partial charge in [-0.25, -0.2) is 4.39 Å². The molecule has 2 aromatic carbocycles. The molecule has 1 fully saturated rings. The number of rotatable bonds is 3. The first kappa shape index (κ1) is 17.6. The largest absolute Gasteiger partial charge is 0.390 e. The van der Waals surface area contributed by atoms with Crippen LogP contribution in [0.4, 0.5) is 4.39 Å². The van der Waals surface area contributed by atoms with E-state index in [1.54, 1.807) is 23.5 Å². The van der Waals surface area contributed by atoms with Crippen LogP contribution in [0.3, 0.4) is 0 Å². The number of aliphatic hydroxyl groups excluding tert-OH is 2. The van der Waals surface area contributed by atoms with E-state index in [0.717, 1.165) is 10.3 Å². The summed E-state index contributed by atoms with van der Waals surface area (Å²) in [6.07, 6.45) is -1.76. The lowest BCUT2D eigenvalue weighted by atomic mass is 9.92. The number of thiophene rings is 1. The molecule has 136 valence electrons. The van der Waals surface area contributed by atoms with Gasteiger partial charge in [0.1, 0.15) is 18.0 Å². The number of fused-ring (bicyclic) bond motifs is 1. The molecule has 1 aromatic heterocycles. The molecule has 0 aliphatic carbocycles. The minimum atomic E-state index is -1.01. The standard InChI is InChI=1S/C21H21FO3S/c1-12-8-18(23)20(24)21(25-12)14-6-7-17(22)15(9-14)11-16-10-13-4-2-3-5-19(13)26-16/h2-7,9-10,12,18,20-21,23-24H,8,11H2,1H3/t12-,18+,20+,21+/m1/s1. The molecule has 3 nitrogen and oxygen atoms in total. The zero-order chi connectivity index (χ0) is 18.3. The lowest BCUT2D eigenvalue weighted by Gasteiger charge is -2.36. The monoisotopic (exact) mass is 372 g/mol. The van der Waals surface area contributed by atoms with Gasteiger partial charge in [-0.1, -0.05) is 24.3 Å². The first-order valence-electron chi connectivity index (χ1n) is 8.78. The van der Waals surface area contributed by atoms with Crippen LogP contribution in [0.1, 0.15) is 35.5 Å². The van der Waals surface area contributed by atoms with Gasteiger partial charge in [-0.05, 0) is 47.7 Å². The Morgan fingerprint density at radius 2 is 1.96 bits per heavy atom. The van der Waals surface area contributed by atoms with E-state index in [4.69, 9.17) is 4.74 Å². The highest BCUT2D eigenvalue weighted by atomic mass is 32.1. The molecule has 2 N–H and O–H groups in total. The van der Waals surface area contributed by atoms with Crippen LogP contribution in [-0.4, -0.2) is 28.5 Å². The highest BCUT2D eigenvalue weighted by Gasteiger charge is 2.36. The van der Waals surface area contributed by atoms with Crippen molar-refractivity contribution in [3.05, 3.63) is 70.4 Å². The summed E-state index contributed by atoms with van der Waals surface area (Å²) >= 11 is 1.66. The van der Waals surface area contributed by atoms with Gasteiger partial charge in [-0.3, -0.25) is 0 Å². The van der Waals surface area contributed by atoms with Gasteiger partial charge in [0.15, 0.2) is 0 Å². The molecule has 4 rings (SSSR count). The second-order valence-corrected chi connectivity index (χ2v) is 8.11. The topological polar surface area (TPSA) is 49.7 Å². The van der Waals surface area contributed by atoms with Crippen molar-refractivity contribution in [2.75, 3.05) is 0 Å². The van der Waals surface area contributed by atoms with Crippen molar-refractivity contribution in [3.8, 4) is 0 Å². The van der Waals surface area contributed by atoms with E-state index in [2.05, 4.69) is 18.2 Å². The molecule has 26 heavy (non-hydrogen) atoms. The Morgan fingerprint density at radius 3 is 2.77 bits per heavy atom. The van der Waals surface area contributed by atoms with Gasteiger partial charge in [-0.2, -0.15) is 0 Å². The third-order valence-corrected chi connectivity index (χ3v) is 6.01. The van der Waals surface area contributed by atoms with Crippen LogP contribution in [0.2, 0.25) is 0 Å². The molecule has 5 heteroatoms. The van der Waals surface area contributed by atoms with Crippen LogP contribution in [0.15, 0.2) is 48.5 Å². The van der Waals surface area contributed by atoms with Crippen molar-refractivity contribution in [2.24, 2.45) is 0 Å². The number of hydrogen-bond donors (Lipinski definition) is 2. The van der Waals surface area contributed by atoms with Crippen LogP contribution in [0, 0.1) is 5.82 Å². The first-order valence-corrected chi connectivity index (χ1v) is 9.60. The van der Waals surface area contributed by atoms with E-state index in [-0.39, 0.29) is 11.9 Å². The van der Waals surface area contributed by atoms with E-state index >= 15 is 0 Å². The van der Waals surface area contributed by atoms with Gasteiger partial charge >= 0.3 is 0 Å². The van der Waals surface area contributed by atoms with Crippen LogP contribution < -0.4 is 0 Å². The zero-order valence-electron chi connectivity index (χ0n) is 14.4. The van der Waals surface area contributed by atoms with Crippen LogP contribution in [0.25, 0.3) is 10.1 Å². The molecule has 4 atom stereocenters. The van der Waals surface area contributed by atoms with Gasteiger partial charge in [0, 0.05) is 22.4 Å². The number of aliphatic hydroxyl groups is 2. The lowest BCUT2D eigenvalue weighted by Crippen LogP contribution is -2.42. The molecule has 1 saturated heterocycles. The minimum Gasteiger partial charge on any atom is -0.390 e. The lowest BCUT2D eigenvalue weighted by molar-refractivity contribution is -0.166. The van der Waals surface area contributed by atoms with Gasteiger partial charge in [0.05, 0.1) is 12.2 Å². The fourth-order valence-electron chi connectivity index (χ4n) is 3.56. The van der Waals surface area contributed by atoms with E-state index in [1.165, 1.54) is 10.8 Å². The number of halogens is 1. The van der Waals surface area contributed by atoms with Gasteiger partial charge in [0.2, 0.25) is 0 Å². The summed E-state index contributed by atoms with van der Waals surface area (Å²) in [7, 11) is 0. The second-order valence-electron chi connectivity index (χ2n) is 6.94. The fraction of sp³-hybridized carbons (Fsp3) is 0.333. The molecule has 0 radical (unpaired) electrons. The molecule has 0 spiro atoms. The maximum atomic E-state index is 14.4. The predicted molar refractivity (Wildman–Crippen MR) is 101 cm³/mol. The summed E-state index contributed by atoms with van der Waals surface area (Å²) in [4.78, 5) is 1.08. The third kappa shape index (κ3) is 3.40. The summed E-state index contributed by atoms with van der Waals surface area (Å²) in [5.74, 6) is -0.273. The maximum absolute atomic E-state index is 14.4. The Morgan fingerprint density at radius 1 is 1.15 bits per heavy atom. The van der Waals surface area contributed by atoms with Crippen molar-refractivity contribution in [3.63, 3.8) is 0 Å². The summed E-state index contributed by atoms with van der Waals surface area (Å²) in [5, 5.41) is 21.5. The Bertz CT molecular complexity index is 890. The number of benzene rings is 2. The van der Waals surface area contributed by atoms with Gasteiger partial charge in [0.25, 0.3) is 0 Å². The number of ether oxygens (including phenoxy) is 1. The fourth-order valence-corrected chi connectivity index (χ4v) is 4.65. The third-order valence-electron chi connectivity index (χ3n) is 4.90. The van der Waals surface area contributed by atoms with Crippen LogP contribution in [0.5, 0.6) is 0 Å². The van der Waals surface area contributed by atoms with E-state index in [9.17, 15) is 14.6 Å². The normalized spacial score (nSPS) is 26.3. The Hall–Kier alpha value is -1.79. The molecule has 0 amide bonds. The summed E-state index contributed by atoms with van der Waals surface area (Å²) in [6, 6.07) is 15.0. The molecular weight excluding hydrogens is 351 g/mol. The summed E-state index contributed by atoms with van der Waals surface area (Å²) < 4.78 is 21.4. The molecule has 0 saturated carbocycles. The molecule has 2 heterocycles. The highest BCUT2D eigenvalue weighted by molar-refractivity contribution is 7.19. The average molecular weight is 372 g/mol. The molecule has 0 bridgehead atoms. The van der Waals surface area contributed by atoms with E-state index in [1.807, 2.05) is 19.1 Å². The SMILES string of the molecule is C[C@@H]1C[C@H](O)[C@H](O)[C@H](c2ccc(F)c(Cc3cc4ccccc4s3)c2)O1. The average Bonchev–Trinajstić information content (AvgIpc) is 3.02.